The second-order valence-electron chi connectivity index (χ2n) is 5.23. The smallest absolute Gasteiger partial charge is 0.0348 e. The van der Waals surface area contributed by atoms with Crippen LogP contribution in [-0.2, 0) is 0 Å². The molecule has 3 heteroatoms. The molecule has 2 heterocycles. The largest absolute Gasteiger partial charge is 0.314 e. The fourth-order valence-electron chi connectivity index (χ4n) is 2.83. The predicted octanol–water partition coefficient (Wildman–Crippen LogP) is 0.763. The second-order valence-corrected chi connectivity index (χ2v) is 5.23. The molecule has 0 aliphatic carbocycles. The van der Waals surface area contributed by atoms with Gasteiger partial charge in [0.15, 0.2) is 0 Å². The van der Waals surface area contributed by atoms with Gasteiger partial charge in [0.05, 0.1) is 0 Å². The summed E-state index contributed by atoms with van der Waals surface area (Å²) in [5.74, 6) is 0. The van der Waals surface area contributed by atoms with Crippen LogP contribution >= 0.6 is 0 Å². The van der Waals surface area contributed by atoms with E-state index in [-0.39, 0.29) is 0 Å². The molecule has 2 saturated heterocycles. The zero-order chi connectivity index (χ0) is 10.8. The quantitative estimate of drug-likeness (QED) is 0.741. The molecule has 0 saturated carbocycles. The van der Waals surface area contributed by atoms with Crippen molar-refractivity contribution in [3.05, 3.63) is 0 Å². The predicted molar refractivity (Wildman–Crippen MR) is 64.2 cm³/mol. The van der Waals surface area contributed by atoms with Crippen molar-refractivity contribution in [2.45, 2.75) is 44.8 Å². The molecule has 2 aliphatic heterocycles. The Hall–Kier alpha value is -0.120. The van der Waals surface area contributed by atoms with Crippen LogP contribution in [0.4, 0.5) is 0 Å². The fraction of sp³-hybridized carbons (Fsp3) is 1.00. The number of likely N-dealkylation sites (N-methyl/N-ethyl adjacent to an activating group) is 1. The molecular formula is C12H25N3. The first-order chi connectivity index (χ1) is 7.22. The van der Waals surface area contributed by atoms with Gasteiger partial charge in [-0.3, -0.25) is 4.90 Å². The van der Waals surface area contributed by atoms with Crippen molar-refractivity contribution in [2.75, 3.05) is 33.2 Å². The minimum Gasteiger partial charge on any atom is -0.314 e. The Morgan fingerprint density at radius 2 is 2.07 bits per heavy atom. The Balaban J connectivity index is 1.92. The molecule has 2 rings (SSSR count). The Morgan fingerprint density at radius 1 is 1.33 bits per heavy atom. The van der Waals surface area contributed by atoms with Crippen molar-refractivity contribution in [3.8, 4) is 0 Å². The van der Waals surface area contributed by atoms with E-state index in [1.54, 1.807) is 0 Å². The van der Waals surface area contributed by atoms with Crippen molar-refractivity contribution < 1.29 is 0 Å². The number of rotatable bonds is 4. The molecule has 3 nitrogen and oxygen atoms in total. The molecule has 0 bridgehead atoms. The van der Waals surface area contributed by atoms with Crippen LogP contribution in [0.15, 0.2) is 0 Å². The highest BCUT2D eigenvalue weighted by Crippen LogP contribution is 2.23. The maximum absolute atomic E-state index is 3.39. The van der Waals surface area contributed by atoms with Gasteiger partial charge in [0.2, 0.25) is 0 Å². The molecular weight excluding hydrogens is 186 g/mol. The van der Waals surface area contributed by atoms with Gasteiger partial charge < -0.3 is 10.2 Å². The van der Waals surface area contributed by atoms with E-state index in [4.69, 9.17) is 0 Å². The maximum Gasteiger partial charge on any atom is 0.0348 e. The summed E-state index contributed by atoms with van der Waals surface area (Å²) >= 11 is 0. The van der Waals surface area contributed by atoms with Crippen LogP contribution in [0.3, 0.4) is 0 Å². The third kappa shape index (κ3) is 2.35. The molecule has 0 aromatic carbocycles. The van der Waals surface area contributed by atoms with E-state index < -0.39 is 0 Å². The Morgan fingerprint density at radius 3 is 2.47 bits per heavy atom. The average Bonchev–Trinajstić information content (AvgIpc) is 2.43. The number of hydrogen-bond acceptors (Lipinski definition) is 3. The summed E-state index contributed by atoms with van der Waals surface area (Å²) in [4.78, 5) is 5.25. The lowest BCUT2D eigenvalue weighted by Crippen LogP contribution is -2.60. The van der Waals surface area contributed by atoms with Crippen molar-refractivity contribution in [2.24, 2.45) is 0 Å². The van der Waals surface area contributed by atoms with Crippen molar-refractivity contribution >= 4 is 0 Å². The Bertz CT molecular complexity index is 193. The van der Waals surface area contributed by atoms with E-state index in [0.717, 1.165) is 18.1 Å². The summed E-state index contributed by atoms with van der Waals surface area (Å²) in [6, 6.07) is 2.38. The molecule has 0 aromatic heterocycles. The highest BCUT2D eigenvalue weighted by Gasteiger charge is 2.35. The van der Waals surface area contributed by atoms with Gasteiger partial charge in [0.1, 0.15) is 0 Å². The number of nitrogens with one attached hydrogen (secondary N) is 1. The van der Waals surface area contributed by atoms with E-state index in [9.17, 15) is 0 Å². The van der Waals surface area contributed by atoms with Gasteiger partial charge in [-0.15, -0.1) is 0 Å². The van der Waals surface area contributed by atoms with Crippen LogP contribution < -0.4 is 5.32 Å². The summed E-state index contributed by atoms with van der Waals surface area (Å²) in [7, 11) is 2.26. The van der Waals surface area contributed by atoms with E-state index in [1.165, 1.54) is 39.0 Å². The lowest BCUT2D eigenvalue weighted by atomic mass is 10.0. The third-order valence-corrected chi connectivity index (χ3v) is 4.04. The van der Waals surface area contributed by atoms with Crippen molar-refractivity contribution in [1.82, 2.24) is 15.1 Å². The van der Waals surface area contributed by atoms with Crippen LogP contribution in [0.1, 0.15) is 26.7 Å². The summed E-state index contributed by atoms with van der Waals surface area (Å²) < 4.78 is 0. The van der Waals surface area contributed by atoms with Gasteiger partial charge in [-0.25, -0.2) is 0 Å². The first-order valence-corrected chi connectivity index (χ1v) is 6.39. The molecule has 88 valence electrons. The van der Waals surface area contributed by atoms with Crippen LogP contribution in [-0.4, -0.2) is 61.2 Å². The molecule has 2 atom stereocenters. The Labute approximate surface area is 93.8 Å². The molecule has 2 unspecified atom stereocenters. The zero-order valence-electron chi connectivity index (χ0n) is 10.4. The lowest BCUT2D eigenvalue weighted by Gasteiger charge is -2.41. The molecule has 2 fully saturated rings. The van der Waals surface area contributed by atoms with Crippen molar-refractivity contribution in [1.29, 1.82) is 0 Å². The van der Waals surface area contributed by atoms with Gasteiger partial charge in [0.25, 0.3) is 0 Å². The van der Waals surface area contributed by atoms with Crippen LogP contribution in [0.25, 0.3) is 0 Å². The van der Waals surface area contributed by atoms with Crippen molar-refractivity contribution in [3.63, 3.8) is 0 Å². The highest BCUT2D eigenvalue weighted by atomic mass is 15.3. The summed E-state index contributed by atoms with van der Waals surface area (Å²) in [5.41, 5.74) is 0. The topological polar surface area (TPSA) is 18.5 Å². The summed E-state index contributed by atoms with van der Waals surface area (Å²) in [6.07, 6.45) is 2.64. The molecule has 0 aromatic rings. The van der Waals surface area contributed by atoms with Gasteiger partial charge in [0, 0.05) is 37.8 Å². The van der Waals surface area contributed by atoms with Crippen LogP contribution in [0.5, 0.6) is 0 Å². The highest BCUT2D eigenvalue weighted by molar-refractivity contribution is 4.94. The van der Waals surface area contributed by atoms with E-state index in [2.05, 4.69) is 36.0 Å². The molecule has 2 aliphatic rings. The average molecular weight is 211 g/mol. The minimum absolute atomic E-state index is 0.766. The monoisotopic (exact) mass is 211 g/mol. The van der Waals surface area contributed by atoms with E-state index in [0.29, 0.717) is 0 Å². The fourth-order valence-corrected chi connectivity index (χ4v) is 2.83. The minimum atomic E-state index is 0.766. The number of likely N-dealkylation sites (tertiary alicyclic amines) is 1. The first kappa shape index (κ1) is 11.4. The molecule has 0 radical (unpaired) electrons. The maximum atomic E-state index is 3.39. The molecule has 1 N–H and O–H groups in total. The number of hydrogen-bond donors (Lipinski definition) is 1. The molecule has 0 spiro atoms. The van der Waals surface area contributed by atoms with E-state index in [1.807, 2.05) is 0 Å². The summed E-state index contributed by atoms with van der Waals surface area (Å²) in [6.45, 7) is 9.59. The van der Waals surface area contributed by atoms with Crippen LogP contribution in [0, 0.1) is 0 Å². The summed E-state index contributed by atoms with van der Waals surface area (Å²) in [5, 5.41) is 3.39. The Kier molecular flexibility index (Phi) is 3.65. The first-order valence-electron chi connectivity index (χ1n) is 6.39. The van der Waals surface area contributed by atoms with Gasteiger partial charge in [-0.05, 0) is 33.4 Å². The van der Waals surface area contributed by atoms with E-state index >= 15 is 0 Å². The zero-order valence-corrected chi connectivity index (χ0v) is 10.4. The SMILES string of the molecule is CCCN(C1CNC1)C1CC(C)N(C)C1. The second kappa shape index (κ2) is 4.81. The van der Waals surface area contributed by atoms with Gasteiger partial charge >= 0.3 is 0 Å². The van der Waals surface area contributed by atoms with Gasteiger partial charge in [-0.1, -0.05) is 6.92 Å². The normalized spacial score (nSPS) is 33.6. The number of nitrogens with zero attached hydrogens (tertiary/aromatic N) is 2. The van der Waals surface area contributed by atoms with Crippen LogP contribution in [0.2, 0.25) is 0 Å². The molecule has 0 amide bonds. The third-order valence-electron chi connectivity index (χ3n) is 4.04. The molecule has 15 heavy (non-hydrogen) atoms. The lowest BCUT2D eigenvalue weighted by molar-refractivity contribution is 0.0982. The standard InChI is InChI=1S/C12H25N3/c1-4-5-15(12-7-13-8-12)11-6-10(2)14(3)9-11/h10-13H,4-9H2,1-3H3. The van der Waals surface area contributed by atoms with Gasteiger partial charge in [-0.2, -0.15) is 0 Å².